The van der Waals surface area contributed by atoms with Crippen LogP contribution in [0.25, 0.3) is 11.4 Å². The lowest BCUT2D eigenvalue weighted by Gasteiger charge is -2.14. The molecule has 1 amide bonds. The lowest BCUT2D eigenvalue weighted by atomic mass is 10.1. The minimum absolute atomic E-state index is 0.0708. The number of benzene rings is 2. The monoisotopic (exact) mass is 460 g/mol. The number of aromatic nitrogens is 3. The summed E-state index contributed by atoms with van der Waals surface area (Å²) in [6.45, 7) is 0. The fourth-order valence-electron chi connectivity index (χ4n) is 2.47. The molecular weight excluding hydrogens is 448 g/mol. The number of hydrogen-bond acceptors (Lipinski definition) is 4. The van der Waals surface area contributed by atoms with Gasteiger partial charge in [-0.1, -0.05) is 35.0 Å². The van der Waals surface area contributed by atoms with Gasteiger partial charge in [0.25, 0.3) is 0 Å². The average molecular weight is 461 g/mol. The number of rotatable bonds is 5. The van der Waals surface area contributed by atoms with Crippen molar-refractivity contribution < 1.29 is 18.0 Å². The Kier molecular flexibility index (Phi) is 6.40. The van der Waals surface area contributed by atoms with E-state index in [1.54, 1.807) is 35.9 Å². The Morgan fingerprint density at radius 1 is 1.10 bits per heavy atom. The highest BCUT2D eigenvalue weighted by atomic mass is 35.5. The van der Waals surface area contributed by atoms with E-state index in [1.165, 1.54) is 6.07 Å². The Bertz CT molecular complexity index is 1040. The van der Waals surface area contributed by atoms with Gasteiger partial charge in [0.15, 0.2) is 11.0 Å². The van der Waals surface area contributed by atoms with Crippen molar-refractivity contribution in [2.75, 3.05) is 11.1 Å². The molecule has 2 aromatic carbocycles. The van der Waals surface area contributed by atoms with Crippen LogP contribution in [0.4, 0.5) is 18.9 Å². The normalized spacial score (nSPS) is 11.5. The molecule has 29 heavy (non-hydrogen) atoms. The van der Waals surface area contributed by atoms with Crippen LogP contribution in [0.1, 0.15) is 5.56 Å². The van der Waals surface area contributed by atoms with Crippen molar-refractivity contribution in [3.05, 3.63) is 58.1 Å². The summed E-state index contributed by atoms with van der Waals surface area (Å²) in [4.78, 5) is 12.2. The van der Waals surface area contributed by atoms with E-state index >= 15 is 0 Å². The number of halogens is 5. The van der Waals surface area contributed by atoms with Gasteiger partial charge in [0.1, 0.15) is 0 Å². The van der Waals surface area contributed by atoms with Gasteiger partial charge in [0, 0.05) is 22.7 Å². The molecule has 5 nitrogen and oxygen atoms in total. The number of carbonyl (C=O) groups is 1. The van der Waals surface area contributed by atoms with Gasteiger partial charge in [-0.3, -0.25) is 4.79 Å². The minimum atomic E-state index is -4.64. The second kappa shape index (κ2) is 8.64. The number of anilines is 1. The van der Waals surface area contributed by atoms with Crippen LogP contribution in [0.3, 0.4) is 0 Å². The zero-order valence-corrected chi connectivity index (χ0v) is 17.1. The molecule has 0 spiro atoms. The first-order valence-corrected chi connectivity index (χ1v) is 9.84. The highest BCUT2D eigenvalue weighted by Crippen LogP contribution is 2.36. The molecule has 0 aliphatic rings. The van der Waals surface area contributed by atoms with E-state index in [2.05, 4.69) is 15.5 Å². The van der Waals surface area contributed by atoms with Crippen molar-refractivity contribution in [1.82, 2.24) is 14.8 Å². The second-order valence-corrected chi connectivity index (χ2v) is 7.71. The lowest BCUT2D eigenvalue weighted by molar-refractivity contribution is -0.137. The minimum Gasteiger partial charge on any atom is -0.325 e. The maximum absolute atomic E-state index is 13.1. The Morgan fingerprint density at radius 2 is 1.76 bits per heavy atom. The number of thioether (sulfide) groups is 1. The third-order valence-corrected chi connectivity index (χ3v) is 5.34. The van der Waals surface area contributed by atoms with E-state index in [0.29, 0.717) is 16.0 Å². The molecule has 0 bridgehead atoms. The molecule has 1 aromatic heterocycles. The molecule has 0 saturated carbocycles. The summed E-state index contributed by atoms with van der Waals surface area (Å²) in [5, 5.41) is 11.3. The standard InChI is InChI=1S/C18H13Cl2F3N4OS/c1-27-16(10-2-4-11(19)5-3-10)25-26-17(27)29-9-15(28)24-14-7-6-12(20)8-13(14)18(21,22)23/h2-8H,9H2,1H3,(H,24,28). The number of hydrogen-bond donors (Lipinski definition) is 1. The Morgan fingerprint density at radius 3 is 2.41 bits per heavy atom. The molecule has 1 heterocycles. The molecule has 0 radical (unpaired) electrons. The fourth-order valence-corrected chi connectivity index (χ4v) is 3.48. The smallest absolute Gasteiger partial charge is 0.325 e. The lowest BCUT2D eigenvalue weighted by Crippen LogP contribution is -2.18. The van der Waals surface area contributed by atoms with E-state index in [1.807, 2.05) is 0 Å². The SMILES string of the molecule is Cn1c(SCC(=O)Nc2ccc(Cl)cc2C(F)(F)F)nnc1-c1ccc(Cl)cc1. The molecule has 152 valence electrons. The van der Waals surface area contributed by atoms with Gasteiger partial charge in [0.05, 0.1) is 17.0 Å². The summed E-state index contributed by atoms with van der Waals surface area (Å²) in [5.74, 6) is -0.188. The molecule has 3 rings (SSSR count). The summed E-state index contributed by atoms with van der Waals surface area (Å²) in [6.07, 6.45) is -4.64. The quantitative estimate of drug-likeness (QED) is 0.507. The van der Waals surface area contributed by atoms with Crippen LogP contribution in [0.5, 0.6) is 0 Å². The van der Waals surface area contributed by atoms with Crippen LogP contribution >= 0.6 is 35.0 Å². The van der Waals surface area contributed by atoms with Crippen LogP contribution in [0.2, 0.25) is 10.0 Å². The van der Waals surface area contributed by atoms with Crippen molar-refractivity contribution in [2.24, 2.45) is 7.05 Å². The van der Waals surface area contributed by atoms with Crippen LogP contribution in [-0.4, -0.2) is 26.4 Å². The van der Waals surface area contributed by atoms with Crippen LogP contribution in [-0.2, 0) is 18.0 Å². The van der Waals surface area contributed by atoms with E-state index in [-0.39, 0.29) is 16.5 Å². The molecule has 0 aliphatic heterocycles. The van der Waals surface area contributed by atoms with Crippen molar-refractivity contribution >= 4 is 46.6 Å². The van der Waals surface area contributed by atoms with Crippen molar-refractivity contribution in [1.29, 1.82) is 0 Å². The third kappa shape index (κ3) is 5.23. The highest BCUT2D eigenvalue weighted by Gasteiger charge is 2.34. The predicted octanol–water partition coefficient (Wildman–Crippen LogP) is 5.54. The van der Waals surface area contributed by atoms with Gasteiger partial charge in [0.2, 0.25) is 5.91 Å². The number of nitrogens with zero attached hydrogens (tertiary/aromatic N) is 3. The van der Waals surface area contributed by atoms with Crippen LogP contribution in [0, 0.1) is 0 Å². The number of amides is 1. The first-order chi connectivity index (χ1) is 13.6. The molecule has 0 atom stereocenters. The molecule has 0 aliphatic carbocycles. The molecular formula is C18H13Cl2F3N4OS. The third-order valence-electron chi connectivity index (χ3n) is 3.83. The maximum atomic E-state index is 13.1. The van der Waals surface area contributed by atoms with Gasteiger partial charge >= 0.3 is 6.18 Å². The topological polar surface area (TPSA) is 59.8 Å². The number of alkyl halides is 3. The zero-order chi connectivity index (χ0) is 21.2. The van der Waals surface area contributed by atoms with E-state index in [4.69, 9.17) is 23.2 Å². The summed E-state index contributed by atoms with van der Waals surface area (Å²) < 4.78 is 41.1. The van der Waals surface area contributed by atoms with Gasteiger partial charge in [-0.05, 0) is 42.5 Å². The largest absolute Gasteiger partial charge is 0.418 e. The molecule has 0 saturated heterocycles. The van der Waals surface area contributed by atoms with Gasteiger partial charge < -0.3 is 9.88 Å². The Hall–Kier alpha value is -2.23. The van der Waals surface area contributed by atoms with Gasteiger partial charge in [-0.2, -0.15) is 13.2 Å². The van der Waals surface area contributed by atoms with Crippen LogP contribution in [0.15, 0.2) is 47.6 Å². The van der Waals surface area contributed by atoms with Crippen LogP contribution < -0.4 is 5.32 Å². The zero-order valence-electron chi connectivity index (χ0n) is 14.8. The molecule has 1 N–H and O–H groups in total. The van der Waals surface area contributed by atoms with E-state index in [0.717, 1.165) is 29.5 Å². The maximum Gasteiger partial charge on any atom is 0.418 e. The van der Waals surface area contributed by atoms with Gasteiger partial charge in [-0.25, -0.2) is 0 Å². The summed E-state index contributed by atoms with van der Waals surface area (Å²) in [6, 6.07) is 10.2. The molecule has 0 fully saturated rings. The molecule has 11 heteroatoms. The second-order valence-electron chi connectivity index (χ2n) is 5.90. The Labute approximate surface area is 178 Å². The first-order valence-electron chi connectivity index (χ1n) is 8.10. The van der Waals surface area contributed by atoms with Crippen molar-refractivity contribution in [3.8, 4) is 11.4 Å². The van der Waals surface area contributed by atoms with Gasteiger partial charge in [-0.15, -0.1) is 10.2 Å². The summed E-state index contributed by atoms with van der Waals surface area (Å²) >= 11 is 12.6. The summed E-state index contributed by atoms with van der Waals surface area (Å²) in [7, 11) is 1.73. The Balaban J connectivity index is 1.69. The van der Waals surface area contributed by atoms with Crippen molar-refractivity contribution in [3.63, 3.8) is 0 Å². The summed E-state index contributed by atoms with van der Waals surface area (Å²) in [5.41, 5.74) is -0.573. The fraction of sp³-hybridized carbons (Fsp3) is 0.167. The van der Waals surface area contributed by atoms with E-state index in [9.17, 15) is 18.0 Å². The van der Waals surface area contributed by atoms with Crippen molar-refractivity contribution in [2.45, 2.75) is 11.3 Å². The predicted molar refractivity (Wildman–Crippen MR) is 107 cm³/mol. The number of nitrogens with one attached hydrogen (secondary N) is 1. The molecule has 0 unspecified atom stereocenters. The van der Waals surface area contributed by atoms with E-state index < -0.39 is 17.6 Å². The average Bonchev–Trinajstić information content (AvgIpc) is 3.02. The number of carbonyl (C=O) groups excluding carboxylic acids is 1. The molecule has 3 aromatic rings. The highest BCUT2D eigenvalue weighted by molar-refractivity contribution is 7.99. The first kappa shape index (κ1) is 21.5.